The van der Waals surface area contributed by atoms with E-state index >= 15 is 0 Å². The molecule has 0 spiro atoms. The number of para-hydroxylation sites is 1. The Bertz CT molecular complexity index is 664. The largest absolute Gasteiger partial charge is 0.347 e. The van der Waals surface area contributed by atoms with Crippen molar-refractivity contribution in [3.63, 3.8) is 0 Å². The van der Waals surface area contributed by atoms with E-state index in [0.29, 0.717) is 5.75 Å². The van der Waals surface area contributed by atoms with Crippen LogP contribution in [-0.2, 0) is 10.2 Å². The summed E-state index contributed by atoms with van der Waals surface area (Å²) in [4.78, 5) is 18.9. The number of nitrogens with zero attached hydrogens (tertiary/aromatic N) is 2. The van der Waals surface area contributed by atoms with Gasteiger partial charge in [0, 0.05) is 35.7 Å². The number of likely N-dealkylation sites (N-methyl/N-ethyl adjacent to an activating group) is 1. The fraction of sp³-hybridized carbons (Fsp3) is 0.412. The Hall–Kier alpha value is -1.20. The summed E-state index contributed by atoms with van der Waals surface area (Å²) in [5, 5.41) is 0. The molecule has 5 heteroatoms. The molecule has 0 saturated heterocycles. The first-order valence-corrected chi connectivity index (χ1v) is 9.35. The van der Waals surface area contributed by atoms with Gasteiger partial charge in [0.1, 0.15) is 4.38 Å². The smallest absolute Gasteiger partial charge is 0.167 e. The maximum Gasteiger partial charge on any atom is 0.167 e. The number of aliphatic imine (C=N–C) groups is 1. The average molecular weight is 332 g/mol. The van der Waals surface area contributed by atoms with E-state index < -0.39 is 0 Å². The number of carbonyl (C=O) groups excluding carboxylic acids is 1. The van der Waals surface area contributed by atoms with Crippen LogP contribution in [-0.4, -0.2) is 35.3 Å². The Morgan fingerprint density at radius 2 is 2.23 bits per heavy atom. The van der Waals surface area contributed by atoms with Crippen LogP contribution in [0, 0.1) is 0 Å². The number of benzene rings is 1. The number of hydrogen-bond acceptors (Lipinski definition) is 5. The van der Waals surface area contributed by atoms with Crippen molar-refractivity contribution < 1.29 is 4.79 Å². The van der Waals surface area contributed by atoms with Gasteiger partial charge in [0.05, 0.1) is 12.3 Å². The van der Waals surface area contributed by atoms with E-state index in [9.17, 15) is 4.79 Å². The Labute approximate surface area is 140 Å². The Morgan fingerprint density at radius 1 is 1.45 bits per heavy atom. The maximum atomic E-state index is 12.4. The zero-order chi connectivity index (χ0) is 15.7. The van der Waals surface area contributed by atoms with Crippen LogP contribution in [0.25, 0.3) is 0 Å². The van der Waals surface area contributed by atoms with Gasteiger partial charge in [-0.25, -0.2) is 0 Å². The molecule has 116 valence electrons. The zero-order valence-electron chi connectivity index (χ0n) is 13.1. The fourth-order valence-corrected chi connectivity index (χ4v) is 4.82. The summed E-state index contributed by atoms with van der Waals surface area (Å²) in [6, 6.07) is 8.36. The van der Waals surface area contributed by atoms with E-state index in [4.69, 9.17) is 0 Å². The van der Waals surface area contributed by atoms with Gasteiger partial charge in [-0.05, 0) is 11.6 Å². The first kappa shape index (κ1) is 15.7. The lowest BCUT2D eigenvalue weighted by Crippen LogP contribution is -2.24. The number of thioether (sulfide) groups is 2. The molecule has 0 saturated carbocycles. The van der Waals surface area contributed by atoms with Crippen LogP contribution < -0.4 is 4.90 Å². The van der Waals surface area contributed by atoms with Crippen molar-refractivity contribution in [3.8, 4) is 0 Å². The van der Waals surface area contributed by atoms with Crippen molar-refractivity contribution >= 4 is 39.4 Å². The van der Waals surface area contributed by atoms with E-state index in [1.165, 1.54) is 11.3 Å². The van der Waals surface area contributed by atoms with E-state index in [1.807, 2.05) is 19.2 Å². The minimum Gasteiger partial charge on any atom is -0.347 e. The number of fused-ring (bicyclic) bond motifs is 1. The molecule has 1 aromatic rings. The normalized spacial score (nSPS) is 21.1. The van der Waals surface area contributed by atoms with Gasteiger partial charge in [-0.2, -0.15) is 0 Å². The summed E-state index contributed by atoms with van der Waals surface area (Å²) < 4.78 is 1.05. The first-order chi connectivity index (χ1) is 10.5. The Morgan fingerprint density at radius 3 is 2.91 bits per heavy atom. The fourth-order valence-electron chi connectivity index (χ4n) is 2.99. The summed E-state index contributed by atoms with van der Waals surface area (Å²) in [5.41, 5.74) is 3.40. The molecule has 0 atom stereocenters. The first-order valence-electron chi connectivity index (χ1n) is 7.38. The summed E-state index contributed by atoms with van der Waals surface area (Å²) in [6.45, 7) is 5.24. The number of carbonyl (C=O) groups is 1. The molecule has 3 rings (SSSR count). The topological polar surface area (TPSA) is 32.7 Å². The second kappa shape index (κ2) is 6.13. The van der Waals surface area contributed by atoms with Gasteiger partial charge in [0.25, 0.3) is 0 Å². The van der Waals surface area contributed by atoms with Crippen LogP contribution in [0.3, 0.4) is 0 Å². The highest BCUT2D eigenvalue weighted by molar-refractivity contribution is 8.39. The van der Waals surface area contributed by atoms with Crippen molar-refractivity contribution in [1.82, 2.24) is 0 Å². The van der Waals surface area contributed by atoms with Gasteiger partial charge >= 0.3 is 0 Å². The highest BCUT2D eigenvalue weighted by atomic mass is 32.2. The molecule has 2 aliphatic heterocycles. The predicted molar refractivity (Wildman–Crippen MR) is 98.2 cm³/mol. The quantitative estimate of drug-likeness (QED) is 0.790. The molecule has 0 radical (unpaired) electrons. The molecule has 3 nitrogen and oxygen atoms in total. The van der Waals surface area contributed by atoms with Crippen LogP contribution in [0.4, 0.5) is 5.69 Å². The minimum atomic E-state index is -0.134. The van der Waals surface area contributed by atoms with Gasteiger partial charge in [-0.1, -0.05) is 55.6 Å². The highest BCUT2D eigenvalue weighted by Crippen LogP contribution is 2.46. The molecule has 0 unspecified atom stereocenters. The standard InChI is InChI=1S/C17H20N2OS2/c1-17(2)13-6-4-5-7-14(13)19(3)15(17)10-12(20)11-22-16-18-8-9-21-16/h4-7,10H,8-9,11H2,1-3H3/b15-10+. The van der Waals surface area contributed by atoms with Gasteiger partial charge < -0.3 is 4.90 Å². The third kappa shape index (κ3) is 2.84. The molecule has 0 fully saturated rings. The molecule has 0 bridgehead atoms. The van der Waals surface area contributed by atoms with E-state index in [-0.39, 0.29) is 11.2 Å². The molecule has 0 aromatic heterocycles. The monoisotopic (exact) mass is 332 g/mol. The summed E-state index contributed by atoms with van der Waals surface area (Å²) >= 11 is 3.31. The van der Waals surface area contributed by atoms with Crippen LogP contribution in [0.15, 0.2) is 41.0 Å². The lowest BCUT2D eigenvalue weighted by molar-refractivity contribution is -0.112. The van der Waals surface area contributed by atoms with Gasteiger partial charge in [0.2, 0.25) is 0 Å². The SMILES string of the molecule is CN1/C(=C/C(=O)CSC2=NCCS2)C(C)(C)c2ccccc21. The second-order valence-corrected chi connectivity index (χ2v) is 8.29. The van der Waals surface area contributed by atoms with Gasteiger partial charge in [-0.3, -0.25) is 9.79 Å². The Kier molecular flexibility index (Phi) is 4.37. The summed E-state index contributed by atoms with van der Waals surface area (Å²) in [5.74, 6) is 1.67. The number of rotatable bonds is 3. The molecular weight excluding hydrogens is 312 g/mol. The third-order valence-corrected chi connectivity index (χ3v) is 6.41. The van der Waals surface area contributed by atoms with Crippen LogP contribution in [0.2, 0.25) is 0 Å². The number of anilines is 1. The van der Waals surface area contributed by atoms with E-state index in [2.05, 4.69) is 41.9 Å². The lowest BCUT2D eigenvalue weighted by atomic mass is 9.83. The number of allylic oxidation sites excluding steroid dienone is 2. The lowest BCUT2D eigenvalue weighted by Gasteiger charge is -2.23. The Balaban J connectivity index is 1.77. The van der Waals surface area contributed by atoms with Crippen LogP contribution in [0.5, 0.6) is 0 Å². The number of hydrogen-bond donors (Lipinski definition) is 0. The number of ketones is 1. The van der Waals surface area contributed by atoms with Crippen molar-refractivity contribution in [1.29, 1.82) is 0 Å². The third-order valence-electron chi connectivity index (χ3n) is 4.13. The molecule has 2 aliphatic rings. The van der Waals surface area contributed by atoms with Crippen molar-refractivity contribution in [2.24, 2.45) is 4.99 Å². The second-order valence-electron chi connectivity index (χ2n) is 5.98. The molecule has 1 aromatic carbocycles. The summed E-state index contributed by atoms with van der Waals surface area (Å²) in [7, 11) is 2.04. The maximum absolute atomic E-state index is 12.4. The summed E-state index contributed by atoms with van der Waals surface area (Å²) in [6.07, 6.45) is 1.81. The minimum absolute atomic E-state index is 0.134. The highest BCUT2D eigenvalue weighted by Gasteiger charge is 2.38. The van der Waals surface area contributed by atoms with E-state index in [1.54, 1.807) is 23.5 Å². The zero-order valence-corrected chi connectivity index (χ0v) is 14.8. The average Bonchev–Trinajstić information content (AvgIpc) is 3.08. The molecular formula is C17H20N2OS2. The van der Waals surface area contributed by atoms with Crippen LogP contribution in [0.1, 0.15) is 19.4 Å². The predicted octanol–water partition coefficient (Wildman–Crippen LogP) is 3.70. The van der Waals surface area contributed by atoms with Crippen molar-refractivity contribution in [3.05, 3.63) is 41.6 Å². The van der Waals surface area contributed by atoms with Gasteiger partial charge in [-0.15, -0.1) is 0 Å². The van der Waals surface area contributed by atoms with E-state index in [0.717, 1.165) is 22.4 Å². The van der Waals surface area contributed by atoms with Crippen molar-refractivity contribution in [2.45, 2.75) is 19.3 Å². The van der Waals surface area contributed by atoms with Crippen molar-refractivity contribution in [2.75, 3.05) is 30.0 Å². The molecule has 22 heavy (non-hydrogen) atoms. The molecule has 2 heterocycles. The molecule has 0 N–H and O–H groups in total. The van der Waals surface area contributed by atoms with Gasteiger partial charge in [0.15, 0.2) is 5.78 Å². The molecule has 0 amide bonds. The molecule has 0 aliphatic carbocycles. The van der Waals surface area contributed by atoms with Crippen LogP contribution >= 0.6 is 23.5 Å².